The first-order valence-electron chi connectivity index (χ1n) is 24.1. The zero-order valence-electron chi connectivity index (χ0n) is 40.1. The van der Waals surface area contributed by atoms with Crippen molar-refractivity contribution in [1.29, 1.82) is 5.26 Å². The van der Waals surface area contributed by atoms with Crippen molar-refractivity contribution in [2.24, 2.45) is 0 Å². The molecule has 0 saturated heterocycles. The summed E-state index contributed by atoms with van der Waals surface area (Å²) in [5, 5.41) is 14.9. The third-order valence-electron chi connectivity index (χ3n) is 14.1. The number of aromatic nitrogens is 2. The minimum Gasteiger partial charge on any atom is -0.308 e. The minimum atomic E-state index is -4.73. The van der Waals surface area contributed by atoms with Crippen molar-refractivity contribution < 1.29 is 13.2 Å². The Morgan fingerprint density at radius 2 is 0.681 bits per heavy atom. The van der Waals surface area contributed by atoms with Gasteiger partial charge < -0.3 is 9.13 Å². The zero-order chi connectivity index (χ0) is 49.4. The number of halogens is 3. The van der Waals surface area contributed by atoms with E-state index in [1.54, 1.807) is 24.3 Å². The second-order valence-corrected chi connectivity index (χ2v) is 19.1. The summed E-state index contributed by atoms with van der Waals surface area (Å²) in [6.45, 7) is 8.25. The SMILES string of the molecule is Cc1cccc(-c2ccc3c4ccc(-c5cccc(C)c5)cc4n(-c4cc(C#N)cc(-n5c6cc(-c7cccc(C)c7)ccc6c6ccc(-c7cccc(C)c7)cc65)c4-c4ccccc4C(F)(F)F)c3c2)c1. The van der Waals surface area contributed by atoms with Gasteiger partial charge in [-0.1, -0.05) is 186 Å². The smallest absolute Gasteiger partial charge is 0.308 e. The summed E-state index contributed by atoms with van der Waals surface area (Å²) in [6, 6.07) is 70.6. The Morgan fingerprint density at radius 1 is 0.361 bits per heavy atom. The molecule has 0 radical (unpaired) electrons. The van der Waals surface area contributed by atoms with Crippen LogP contribution >= 0.6 is 0 Å². The first kappa shape index (κ1) is 44.3. The van der Waals surface area contributed by atoms with E-state index in [1.807, 2.05) is 24.3 Å². The highest BCUT2D eigenvalue weighted by Crippen LogP contribution is 2.48. The molecule has 2 heterocycles. The normalized spacial score (nSPS) is 11.8. The topological polar surface area (TPSA) is 33.6 Å². The lowest BCUT2D eigenvalue weighted by Gasteiger charge is -2.23. The van der Waals surface area contributed by atoms with Crippen LogP contribution in [0.5, 0.6) is 0 Å². The number of rotatable bonds is 7. The van der Waals surface area contributed by atoms with Crippen LogP contribution in [0.25, 0.3) is 111 Å². The first-order valence-corrected chi connectivity index (χ1v) is 24.1. The van der Waals surface area contributed by atoms with Crippen LogP contribution in [0.4, 0.5) is 13.2 Å². The molecule has 12 rings (SSSR count). The molecule has 0 unspecified atom stereocenters. The van der Waals surface area contributed by atoms with Gasteiger partial charge in [-0.25, -0.2) is 0 Å². The summed E-state index contributed by atoms with van der Waals surface area (Å²) in [4.78, 5) is 0. The fourth-order valence-corrected chi connectivity index (χ4v) is 10.8. The molecule has 2 aromatic heterocycles. The van der Waals surface area contributed by atoms with Gasteiger partial charge in [0, 0.05) is 27.1 Å². The predicted octanol–water partition coefficient (Wildman–Crippen LogP) is 18.3. The molecular formula is C66H46F3N3. The third-order valence-corrected chi connectivity index (χ3v) is 14.1. The number of hydrogen-bond acceptors (Lipinski definition) is 1. The third kappa shape index (κ3) is 7.62. The quantitative estimate of drug-likeness (QED) is 0.157. The van der Waals surface area contributed by atoms with E-state index in [1.165, 1.54) is 6.07 Å². The Hall–Kier alpha value is -8.92. The Morgan fingerprint density at radius 3 is 0.986 bits per heavy atom. The molecule has 10 aromatic carbocycles. The van der Waals surface area contributed by atoms with Crippen molar-refractivity contribution in [1.82, 2.24) is 9.13 Å². The number of aryl methyl sites for hydroxylation is 4. The van der Waals surface area contributed by atoms with Gasteiger partial charge in [0.1, 0.15) is 0 Å². The lowest BCUT2D eigenvalue weighted by Crippen LogP contribution is -2.11. The average Bonchev–Trinajstić information content (AvgIpc) is 3.89. The van der Waals surface area contributed by atoms with Gasteiger partial charge in [-0.3, -0.25) is 0 Å². The van der Waals surface area contributed by atoms with Crippen LogP contribution in [0.2, 0.25) is 0 Å². The lowest BCUT2D eigenvalue weighted by molar-refractivity contribution is -0.137. The van der Waals surface area contributed by atoms with Crippen LogP contribution in [0.15, 0.2) is 206 Å². The molecule has 0 atom stereocenters. The molecule has 0 fully saturated rings. The summed E-state index contributed by atoms with van der Waals surface area (Å²) in [5.41, 5.74) is 16.2. The predicted molar refractivity (Wildman–Crippen MR) is 291 cm³/mol. The van der Waals surface area contributed by atoms with E-state index in [2.05, 4.69) is 188 Å². The second-order valence-electron chi connectivity index (χ2n) is 19.1. The molecule has 72 heavy (non-hydrogen) atoms. The van der Waals surface area contributed by atoms with Gasteiger partial charge in [0.2, 0.25) is 0 Å². The molecule has 0 spiro atoms. The fraction of sp³-hybridized carbons (Fsp3) is 0.0758. The summed E-state index contributed by atoms with van der Waals surface area (Å²) in [6.07, 6.45) is -4.73. The van der Waals surface area contributed by atoms with Gasteiger partial charge in [-0.15, -0.1) is 0 Å². The largest absolute Gasteiger partial charge is 0.417 e. The van der Waals surface area contributed by atoms with Gasteiger partial charge >= 0.3 is 6.18 Å². The van der Waals surface area contributed by atoms with Crippen molar-refractivity contribution >= 4 is 43.6 Å². The average molecular weight is 938 g/mol. The molecule has 6 heteroatoms. The molecule has 0 amide bonds. The molecule has 12 aromatic rings. The Labute approximate surface area is 415 Å². The van der Waals surface area contributed by atoms with Crippen molar-refractivity contribution in [2.75, 3.05) is 0 Å². The van der Waals surface area contributed by atoms with Gasteiger partial charge in [0.05, 0.1) is 50.6 Å². The molecule has 0 aliphatic rings. The number of alkyl halides is 3. The maximum absolute atomic E-state index is 15.9. The number of hydrogen-bond donors (Lipinski definition) is 0. The molecule has 3 nitrogen and oxygen atoms in total. The first-order chi connectivity index (χ1) is 34.9. The summed E-state index contributed by atoms with van der Waals surface area (Å²) in [7, 11) is 0. The molecule has 0 aliphatic heterocycles. The molecule has 0 bridgehead atoms. The van der Waals surface area contributed by atoms with Gasteiger partial charge in [0.25, 0.3) is 0 Å². The fourth-order valence-electron chi connectivity index (χ4n) is 10.8. The van der Waals surface area contributed by atoms with E-state index in [4.69, 9.17) is 0 Å². The molecule has 0 saturated carbocycles. The highest BCUT2D eigenvalue weighted by atomic mass is 19.4. The molecule has 0 N–H and O–H groups in total. The number of nitriles is 1. The van der Waals surface area contributed by atoms with E-state index >= 15 is 13.2 Å². The maximum Gasteiger partial charge on any atom is 0.417 e. The number of benzene rings is 10. The van der Waals surface area contributed by atoms with E-state index in [0.717, 1.165) is 116 Å². The van der Waals surface area contributed by atoms with Gasteiger partial charge in [-0.05, 0) is 120 Å². The number of nitrogens with zero attached hydrogens (tertiary/aromatic N) is 3. The van der Waals surface area contributed by atoms with E-state index in [9.17, 15) is 5.26 Å². The summed E-state index contributed by atoms with van der Waals surface area (Å²) < 4.78 is 51.8. The van der Waals surface area contributed by atoms with Crippen LogP contribution in [-0.4, -0.2) is 9.13 Å². The highest BCUT2D eigenvalue weighted by Gasteiger charge is 2.36. The molecule has 0 aliphatic carbocycles. The van der Waals surface area contributed by atoms with Crippen LogP contribution in [-0.2, 0) is 6.18 Å². The Balaban J connectivity index is 1.28. The van der Waals surface area contributed by atoms with Crippen molar-refractivity contribution in [3.63, 3.8) is 0 Å². The Kier molecular flexibility index (Phi) is 10.6. The monoisotopic (exact) mass is 937 g/mol. The van der Waals surface area contributed by atoms with Crippen molar-refractivity contribution in [3.8, 4) is 73.1 Å². The van der Waals surface area contributed by atoms with Gasteiger partial charge in [-0.2, -0.15) is 18.4 Å². The van der Waals surface area contributed by atoms with Crippen LogP contribution in [0, 0.1) is 39.0 Å². The van der Waals surface area contributed by atoms with Crippen LogP contribution < -0.4 is 0 Å². The van der Waals surface area contributed by atoms with E-state index < -0.39 is 11.7 Å². The maximum atomic E-state index is 15.9. The standard InChI is InChI=1S/C66H46F3N3/c1-40-11-7-15-45(29-40)49-21-25-53-54-26-22-50(46-16-8-12-41(2)30-46)36-60(54)71(59(53)35-49)63-33-44(39-70)34-64(65(63)57-19-5-6-20-58(57)66(67,68)69)72-61-37-51(47-17-9-13-42(3)31-47)23-27-55(61)56-28-24-52(38-62(56)72)48-18-10-14-43(4)32-48/h5-38H,1-4H3. The van der Waals surface area contributed by atoms with Crippen LogP contribution in [0.3, 0.4) is 0 Å². The van der Waals surface area contributed by atoms with E-state index in [-0.39, 0.29) is 5.56 Å². The Bertz CT molecular complexity index is 3780. The van der Waals surface area contributed by atoms with Crippen molar-refractivity contribution in [3.05, 3.63) is 240 Å². The van der Waals surface area contributed by atoms with Crippen LogP contribution in [0.1, 0.15) is 33.4 Å². The zero-order valence-corrected chi connectivity index (χ0v) is 40.1. The van der Waals surface area contributed by atoms with Crippen molar-refractivity contribution in [2.45, 2.75) is 33.9 Å². The molecular weight excluding hydrogens is 892 g/mol. The number of fused-ring (bicyclic) bond motifs is 6. The minimum absolute atomic E-state index is 0.00107. The summed E-state index contributed by atoms with van der Waals surface area (Å²) in [5.74, 6) is 0. The lowest BCUT2D eigenvalue weighted by atomic mass is 9.93. The molecule has 346 valence electrons. The van der Waals surface area contributed by atoms with Gasteiger partial charge in [0.15, 0.2) is 0 Å². The van der Waals surface area contributed by atoms with E-state index in [0.29, 0.717) is 22.5 Å². The second kappa shape index (κ2) is 17.2. The summed E-state index contributed by atoms with van der Waals surface area (Å²) >= 11 is 0. The highest BCUT2D eigenvalue weighted by molar-refractivity contribution is 6.14.